The third-order valence-electron chi connectivity index (χ3n) is 5.05. The van der Waals surface area contributed by atoms with Crippen molar-refractivity contribution in [1.29, 1.82) is 5.26 Å². The molecule has 32 heavy (non-hydrogen) atoms. The Morgan fingerprint density at radius 2 is 1.88 bits per heavy atom. The quantitative estimate of drug-likeness (QED) is 0.527. The molecule has 0 aliphatic carbocycles. The standard InChI is InChI=1S/C24H21Cl2N3O2S/c1-13-8-9-16(10-20(13)26)29-21(31)12-32-24-18(11-27)23(17-6-4-5-7-19(17)25)22(15(3)30)14(2)28-24/h4-10,23,28H,12H2,1-3H3,(H,29,31). The highest BCUT2D eigenvalue weighted by molar-refractivity contribution is 8.03. The van der Waals surface area contributed by atoms with Crippen molar-refractivity contribution in [3.63, 3.8) is 0 Å². The Hall–Kier alpha value is -2.72. The van der Waals surface area contributed by atoms with E-state index in [4.69, 9.17) is 23.2 Å². The van der Waals surface area contributed by atoms with Gasteiger partial charge in [-0.15, -0.1) is 0 Å². The second kappa shape index (κ2) is 10.3. The van der Waals surface area contributed by atoms with Gasteiger partial charge in [0.1, 0.15) is 0 Å². The summed E-state index contributed by atoms with van der Waals surface area (Å²) in [5, 5.41) is 17.5. The van der Waals surface area contributed by atoms with E-state index >= 15 is 0 Å². The lowest BCUT2D eigenvalue weighted by molar-refractivity contribution is -0.114. The molecule has 5 nitrogen and oxygen atoms in total. The fourth-order valence-electron chi connectivity index (χ4n) is 3.52. The van der Waals surface area contributed by atoms with Crippen molar-refractivity contribution in [2.24, 2.45) is 0 Å². The molecule has 0 bridgehead atoms. The van der Waals surface area contributed by atoms with Crippen LogP contribution in [0.4, 0.5) is 5.69 Å². The number of carbonyl (C=O) groups excluding carboxylic acids is 2. The molecule has 1 amide bonds. The van der Waals surface area contributed by atoms with E-state index in [9.17, 15) is 14.9 Å². The first-order chi connectivity index (χ1) is 15.2. The second-order valence-electron chi connectivity index (χ2n) is 7.33. The van der Waals surface area contributed by atoms with E-state index < -0.39 is 5.92 Å². The zero-order chi connectivity index (χ0) is 23.4. The highest BCUT2D eigenvalue weighted by atomic mass is 35.5. The molecule has 3 rings (SSSR count). The first-order valence-electron chi connectivity index (χ1n) is 9.79. The molecule has 1 atom stereocenters. The second-order valence-corrected chi connectivity index (χ2v) is 9.13. The number of aryl methyl sites for hydroxylation is 1. The highest BCUT2D eigenvalue weighted by Crippen LogP contribution is 2.42. The van der Waals surface area contributed by atoms with Crippen LogP contribution in [0.3, 0.4) is 0 Å². The van der Waals surface area contributed by atoms with Crippen LogP contribution in [0.15, 0.2) is 64.3 Å². The first kappa shape index (κ1) is 23.9. The fourth-order valence-corrected chi connectivity index (χ4v) is 4.84. The maximum Gasteiger partial charge on any atom is 0.234 e. The average Bonchev–Trinajstić information content (AvgIpc) is 2.74. The Kier molecular flexibility index (Phi) is 7.68. The van der Waals surface area contributed by atoms with E-state index in [0.717, 1.165) is 5.56 Å². The number of dihydropyridines is 1. The zero-order valence-electron chi connectivity index (χ0n) is 17.8. The lowest BCUT2D eigenvalue weighted by Gasteiger charge is -2.29. The maximum atomic E-state index is 12.5. The number of ketones is 1. The summed E-state index contributed by atoms with van der Waals surface area (Å²) in [4.78, 5) is 24.9. The van der Waals surface area contributed by atoms with Crippen LogP contribution in [0.2, 0.25) is 10.0 Å². The number of rotatable bonds is 6. The van der Waals surface area contributed by atoms with Gasteiger partial charge in [-0.25, -0.2) is 0 Å². The number of hydrogen-bond acceptors (Lipinski definition) is 5. The van der Waals surface area contributed by atoms with Gasteiger partial charge in [-0.2, -0.15) is 5.26 Å². The molecular weight excluding hydrogens is 465 g/mol. The average molecular weight is 486 g/mol. The number of hydrogen-bond donors (Lipinski definition) is 2. The fraction of sp³-hybridized carbons (Fsp3) is 0.208. The Labute approximate surface area is 201 Å². The summed E-state index contributed by atoms with van der Waals surface area (Å²) in [6, 6.07) is 14.7. The number of carbonyl (C=O) groups is 2. The molecule has 2 aromatic carbocycles. The van der Waals surface area contributed by atoms with Crippen molar-refractivity contribution in [2.45, 2.75) is 26.7 Å². The van der Waals surface area contributed by atoms with Crippen LogP contribution >= 0.6 is 35.0 Å². The molecule has 2 aromatic rings. The predicted octanol–water partition coefficient (Wildman–Crippen LogP) is 5.96. The van der Waals surface area contributed by atoms with Gasteiger partial charge >= 0.3 is 0 Å². The van der Waals surface area contributed by atoms with Crippen molar-refractivity contribution in [1.82, 2.24) is 5.32 Å². The maximum absolute atomic E-state index is 12.5. The number of halogens is 2. The number of nitrogens with zero attached hydrogens (tertiary/aromatic N) is 1. The summed E-state index contributed by atoms with van der Waals surface area (Å²) in [6.07, 6.45) is 0. The van der Waals surface area contributed by atoms with Gasteiger partial charge in [-0.05, 0) is 50.1 Å². The smallest absolute Gasteiger partial charge is 0.234 e. The molecule has 0 fully saturated rings. The van der Waals surface area contributed by atoms with Crippen LogP contribution in [0.5, 0.6) is 0 Å². The first-order valence-corrected chi connectivity index (χ1v) is 11.5. The van der Waals surface area contributed by atoms with Crippen molar-refractivity contribution < 1.29 is 9.59 Å². The molecule has 2 N–H and O–H groups in total. The van der Waals surface area contributed by atoms with Gasteiger partial charge < -0.3 is 10.6 Å². The topological polar surface area (TPSA) is 82.0 Å². The molecule has 164 valence electrons. The summed E-state index contributed by atoms with van der Waals surface area (Å²) < 4.78 is 0. The summed E-state index contributed by atoms with van der Waals surface area (Å²) in [6.45, 7) is 5.14. The largest absolute Gasteiger partial charge is 0.353 e. The van der Waals surface area contributed by atoms with E-state index in [1.165, 1.54) is 18.7 Å². The molecular formula is C24H21Cl2N3O2S. The molecule has 0 spiro atoms. The molecule has 1 heterocycles. The molecule has 0 saturated heterocycles. The number of amides is 1. The Bertz CT molecular complexity index is 1200. The molecule has 1 unspecified atom stereocenters. The summed E-state index contributed by atoms with van der Waals surface area (Å²) >= 11 is 13.7. The van der Waals surface area contributed by atoms with Gasteiger partial charge in [-0.1, -0.05) is 59.2 Å². The van der Waals surface area contributed by atoms with E-state index in [1.807, 2.05) is 25.1 Å². The Morgan fingerprint density at radius 1 is 1.16 bits per heavy atom. The Morgan fingerprint density at radius 3 is 2.50 bits per heavy atom. The molecule has 8 heteroatoms. The minimum Gasteiger partial charge on any atom is -0.353 e. The third kappa shape index (κ3) is 5.18. The number of allylic oxidation sites excluding steroid dienone is 3. The monoisotopic (exact) mass is 485 g/mol. The number of benzene rings is 2. The van der Waals surface area contributed by atoms with Gasteiger partial charge in [0.2, 0.25) is 5.91 Å². The predicted molar refractivity (Wildman–Crippen MR) is 131 cm³/mol. The van der Waals surface area contributed by atoms with E-state index in [2.05, 4.69) is 16.7 Å². The van der Waals surface area contributed by atoms with Crippen LogP contribution in [-0.4, -0.2) is 17.4 Å². The van der Waals surface area contributed by atoms with E-state index in [1.54, 1.807) is 31.2 Å². The summed E-state index contributed by atoms with van der Waals surface area (Å²) in [7, 11) is 0. The van der Waals surface area contributed by atoms with Gasteiger partial charge in [-0.3, -0.25) is 9.59 Å². The normalized spacial score (nSPS) is 15.8. The SMILES string of the molecule is CC(=O)C1=C(C)NC(SCC(=O)Nc2ccc(C)c(Cl)c2)=C(C#N)C1c1ccccc1Cl. The van der Waals surface area contributed by atoms with Crippen LogP contribution in [0, 0.1) is 18.3 Å². The van der Waals surface area contributed by atoms with Crippen molar-refractivity contribution in [3.05, 3.63) is 85.5 Å². The van der Waals surface area contributed by atoms with Crippen LogP contribution in [-0.2, 0) is 9.59 Å². The van der Waals surface area contributed by atoms with Crippen molar-refractivity contribution in [2.75, 3.05) is 11.1 Å². The Balaban J connectivity index is 1.88. The summed E-state index contributed by atoms with van der Waals surface area (Å²) in [5.74, 6) is -0.925. The minimum absolute atomic E-state index is 0.0664. The lowest BCUT2D eigenvalue weighted by atomic mass is 9.81. The van der Waals surface area contributed by atoms with Crippen LogP contribution in [0.25, 0.3) is 0 Å². The molecule has 1 aliphatic heterocycles. The summed E-state index contributed by atoms with van der Waals surface area (Å²) in [5.41, 5.74) is 3.66. The van der Waals surface area contributed by atoms with E-state index in [0.29, 0.717) is 43.2 Å². The number of anilines is 1. The molecule has 0 aromatic heterocycles. The van der Waals surface area contributed by atoms with Gasteiger partial charge in [0.15, 0.2) is 5.78 Å². The number of nitriles is 1. The lowest BCUT2D eigenvalue weighted by Crippen LogP contribution is -2.28. The van der Waals surface area contributed by atoms with Gasteiger partial charge in [0.25, 0.3) is 0 Å². The van der Waals surface area contributed by atoms with E-state index in [-0.39, 0.29) is 17.4 Å². The zero-order valence-corrected chi connectivity index (χ0v) is 20.1. The number of thioether (sulfide) groups is 1. The minimum atomic E-state index is -0.603. The molecule has 1 aliphatic rings. The molecule has 0 saturated carbocycles. The number of Topliss-reactive ketones (excluding diaryl/α,β-unsaturated/α-hetero) is 1. The van der Waals surface area contributed by atoms with Gasteiger partial charge in [0.05, 0.1) is 28.3 Å². The van der Waals surface area contributed by atoms with Crippen molar-refractivity contribution in [3.8, 4) is 6.07 Å². The van der Waals surface area contributed by atoms with Crippen LogP contribution in [0.1, 0.15) is 30.9 Å². The van der Waals surface area contributed by atoms with Gasteiger partial charge in [0, 0.05) is 27.0 Å². The third-order valence-corrected chi connectivity index (χ3v) is 6.81. The van der Waals surface area contributed by atoms with Crippen LogP contribution < -0.4 is 10.6 Å². The highest BCUT2D eigenvalue weighted by Gasteiger charge is 2.34. The number of nitrogens with one attached hydrogen (secondary N) is 2. The van der Waals surface area contributed by atoms with Crippen molar-refractivity contribution >= 4 is 52.3 Å². The molecule has 0 radical (unpaired) electrons.